The van der Waals surface area contributed by atoms with Gasteiger partial charge >= 0.3 is 0 Å². The molecule has 0 aliphatic rings. The zero-order valence-electron chi connectivity index (χ0n) is 13.7. The summed E-state index contributed by atoms with van der Waals surface area (Å²) >= 11 is 2.12. The first-order chi connectivity index (χ1) is 11.4. The van der Waals surface area contributed by atoms with Crippen LogP contribution in [0, 0.1) is 17.4 Å². The van der Waals surface area contributed by atoms with Crippen molar-refractivity contribution in [1.82, 2.24) is 10.9 Å². The van der Waals surface area contributed by atoms with E-state index in [0.717, 1.165) is 14.7 Å². The highest BCUT2D eigenvalue weighted by Crippen LogP contribution is 2.17. The molecule has 5 nitrogen and oxygen atoms in total. The molecule has 2 N–H and O–H groups in total. The van der Waals surface area contributed by atoms with E-state index in [4.69, 9.17) is 4.74 Å². The summed E-state index contributed by atoms with van der Waals surface area (Å²) in [6, 6.07) is 12.7. The van der Waals surface area contributed by atoms with Gasteiger partial charge in [-0.2, -0.15) is 0 Å². The molecule has 2 rings (SSSR count). The minimum Gasteiger partial charge on any atom is -0.481 e. The van der Waals surface area contributed by atoms with Crippen LogP contribution in [0.5, 0.6) is 5.75 Å². The average molecular weight is 438 g/mol. The second-order valence-corrected chi connectivity index (χ2v) is 6.71. The Labute approximate surface area is 154 Å². The Hall–Kier alpha value is -2.09. The number of ether oxygens (including phenoxy) is 1. The van der Waals surface area contributed by atoms with Crippen LogP contribution in [0.2, 0.25) is 0 Å². The van der Waals surface area contributed by atoms with E-state index >= 15 is 0 Å². The first-order valence-corrected chi connectivity index (χ1v) is 8.54. The molecule has 0 radical (unpaired) electrons. The van der Waals surface area contributed by atoms with Gasteiger partial charge in [0.2, 0.25) is 0 Å². The highest BCUT2D eigenvalue weighted by molar-refractivity contribution is 14.1. The summed E-state index contributed by atoms with van der Waals surface area (Å²) in [6.45, 7) is 5.62. The van der Waals surface area contributed by atoms with Crippen LogP contribution in [0.3, 0.4) is 0 Å². The van der Waals surface area contributed by atoms with Gasteiger partial charge in [-0.05, 0) is 84.8 Å². The maximum absolute atomic E-state index is 12.0. The van der Waals surface area contributed by atoms with Gasteiger partial charge in [0, 0.05) is 9.13 Å². The number of nitrogens with one attached hydrogen (secondary N) is 2. The van der Waals surface area contributed by atoms with Crippen LogP contribution < -0.4 is 15.6 Å². The Morgan fingerprint density at radius 1 is 1.04 bits per heavy atom. The molecule has 0 aliphatic carbocycles. The number of aryl methyl sites for hydroxylation is 2. The fraction of sp³-hybridized carbons (Fsp3) is 0.222. The number of halogens is 1. The lowest BCUT2D eigenvalue weighted by Crippen LogP contribution is -2.47. The standard InChI is InChI=1S/C18H19IN2O3/c1-11-7-8-16(9-12(11)2)24-13(3)17(22)20-21-18(23)14-5-4-6-15(19)10-14/h4-10,13H,1-3H3,(H,20,22)(H,21,23). The van der Waals surface area contributed by atoms with Gasteiger partial charge in [-0.15, -0.1) is 0 Å². The van der Waals surface area contributed by atoms with E-state index in [0.29, 0.717) is 11.3 Å². The van der Waals surface area contributed by atoms with Crippen molar-refractivity contribution < 1.29 is 14.3 Å². The molecule has 0 aliphatic heterocycles. The average Bonchev–Trinajstić information content (AvgIpc) is 2.55. The third-order valence-corrected chi connectivity index (χ3v) is 4.22. The number of hydrazine groups is 1. The highest BCUT2D eigenvalue weighted by atomic mass is 127. The van der Waals surface area contributed by atoms with E-state index in [2.05, 4.69) is 33.4 Å². The van der Waals surface area contributed by atoms with Crippen molar-refractivity contribution in [3.63, 3.8) is 0 Å². The Morgan fingerprint density at radius 3 is 2.46 bits per heavy atom. The maximum Gasteiger partial charge on any atom is 0.279 e. The van der Waals surface area contributed by atoms with Crippen molar-refractivity contribution >= 4 is 34.4 Å². The molecule has 0 spiro atoms. The monoisotopic (exact) mass is 438 g/mol. The Kier molecular flexibility index (Phi) is 6.19. The van der Waals surface area contributed by atoms with Gasteiger partial charge in [-0.3, -0.25) is 20.4 Å². The Bertz CT molecular complexity index is 762. The minimum absolute atomic E-state index is 0.375. The molecule has 0 heterocycles. The molecule has 24 heavy (non-hydrogen) atoms. The maximum atomic E-state index is 12.0. The van der Waals surface area contributed by atoms with Crippen LogP contribution in [0.15, 0.2) is 42.5 Å². The van der Waals surface area contributed by atoms with Gasteiger partial charge in [0.1, 0.15) is 5.75 Å². The van der Waals surface area contributed by atoms with Gasteiger partial charge in [0.25, 0.3) is 11.8 Å². The van der Waals surface area contributed by atoms with Crippen LogP contribution >= 0.6 is 22.6 Å². The number of carbonyl (C=O) groups is 2. The first kappa shape index (κ1) is 18.3. The van der Waals surface area contributed by atoms with Crippen molar-refractivity contribution in [1.29, 1.82) is 0 Å². The second kappa shape index (κ2) is 8.14. The fourth-order valence-corrected chi connectivity index (χ4v) is 2.51. The summed E-state index contributed by atoms with van der Waals surface area (Å²) in [7, 11) is 0. The molecule has 1 unspecified atom stereocenters. The summed E-state index contributed by atoms with van der Waals surface area (Å²) in [5, 5.41) is 0. The predicted molar refractivity (Wildman–Crippen MR) is 101 cm³/mol. The molecule has 2 aromatic carbocycles. The third-order valence-electron chi connectivity index (χ3n) is 3.55. The summed E-state index contributed by atoms with van der Waals surface area (Å²) in [4.78, 5) is 24.0. The molecule has 0 saturated heterocycles. The topological polar surface area (TPSA) is 67.4 Å². The van der Waals surface area contributed by atoms with Gasteiger partial charge in [-0.25, -0.2) is 0 Å². The Balaban J connectivity index is 1.89. The highest BCUT2D eigenvalue weighted by Gasteiger charge is 2.16. The number of rotatable bonds is 4. The lowest BCUT2D eigenvalue weighted by molar-refractivity contribution is -0.128. The van der Waals surface area contributed by atoms with Crippen molar-refractivity contribution in [3.8, 4) is 5.75 Å². The molecular weight excluding hydrogens is 419 g/mol. The molecule has 2 amide bonds. The van der Waals surface area contributed by atoms with Crippen molar-refractivity contribution in [2.24, 2.45) is 0 Å². The summed E-state index contributed by atoms with van der Waals surface area (Å²) < 4.78 is 6.55. The van der Waals surface area contributed by atoms with Crippen LogP contribution in [0.4, 0.5) is 0 Å². The largest absolute Gasteiger partial charge is 0.481 e. The lowest BCUT2D eigenvalue weighted by Gasteiger charge is -2.16. The van der Waals surface area contributed by atoms with Crippen LogP contribution in [0.25, 0.3) is 0 Å². The number of amides is 2. The van der Waals surface area contributed by atoms with Gasteiger partial charge in [-0.1, -0.05) is 12.1 Å². The van der Waals surface area contributed by atoms with Gasteiger partial charge in [0.05, 0.1) is 0 Å². The van der Waals surface area contributed by atoms with Gasteiger partial charge < -0.3 is 4.74 Å². The summed E-state index contributed by atoms with van der Waals surface area (Å²) in [6.07, 6.45) is -0.733. The number of hydrogen-bond acceptors (Lipinski definition) is 3. The van der Waals surface area contributed by atoms with Gasteiger partial charge in [0.15, 0.2) is 6.10 Å². The zero-order valence-corrected chi connectivity index (χ0v) is 15.9. The predicted octanol–water partition coefficient (Wildman–Crippen LogP) is 3.14. The molecular formula is C18H19IN2O3. The van der Waals surface area contributed by atoms with Crippen LogP contribution in [0.1, 0.15) is 28.4 Å². The van der Waals surface area contributed by atoms with E-state index in [9.17, 15) is 9.59 Å². The number of hydrogen-bond donors (Lipinski definition) is 2. The molecule has 0 aromatic heterocycles. The summed E-state index contributed by atoms with van der Waals surface area (Å²) in [5.41, 5.74) is 7.50. The van der Waals surface area contributed by atoms with Crippen molar-refractivity contribution in [2.45, 2.75) is 26.9 Å². The van der Waals surface area contributed by atoms with E-state index in [-0.39, 0.29) is 5.91 Å². The van der Waals surface area contributed by atoms with E-state index in [1.807, 2.05) is 38.1 Å². The number of benzene rings is 2. The molecule has 0 saturated carbocycles. The quantitative estimate of drug-likeness (QED) is 0.570. The van der Waals surface area contributed by atoms with E-state index in [1.54, 1.807) is 25.1 Å². The van der Waals surface area contributed by atoms with Crippen molar-refractivity contribution in [2.75, 3.05) is 0 Å². The normalized spacial score (nSPS) is 11.5. The minimum atomic E-state index is -0.733. The second-order valence-electron chi connectivity index (χ2n) is 5.46. The van der Waals surface area contributed by atoms with E-state index < -0.39 is 12.0 Å². The van der Waals surface area contributed by atoms with Crippen LogP contribution in [-0.4, -0.2) is 17.9 Å². The first-order valence-electron chi connectivity index (χ1n) is 7.46. The molecule has 126 valence electrons. The third kappa shape index (κ3) is 4.95. The lowest BCUT2D eigenvalue weighted by atomic mass is 10.1. The molecule has 0 bridgehead atoms. The zero-order chi connectivity index (χ0) is 17.7. The molecule has 6 heteroatoms. The summed E-state index contributed by atoms with van der Waals surface area (Å²) in [5.74, 6) is -0.183. The SMILES string of the molecule is Cc1ccc(OC(C)C(=O)NNC(=O)c2cccc(I)c2)cc1C. The Morgan fingerprint density at radius 2 is 1.79 bits per heavy atom. The van der Waals surface area contributed by atoms with Crippen LogP contribution in [-0.2, 0) is 4.79 Å². The van der Waals surface area contributed by atoms with Crippen molar-refractivity contribution in [3.05, 3.63) is 62.7 Å². The number of carbonyl (C=O) groups excluding carboxylic acids is 2. The molecule has 0 fully saturated rings. The molecule has 1 atom stereocenters. The van der Waals surface area contributed by atoms with E-state index in [1.165, 1.54) is 0 Å². The smallest absolute Gasteiger partial charge is 0.279 e. The molecule has 2 aromatic rings. The fourth-order valence-electron chi connectivity index (χ4n) is 1.97.